The van der Waals surface area contributed by atoms with Crippen LogP contribution < -0.4 is 14.2 Å². The van der Waals surface area contributed by atoms with Gasteiger partial charge in [0.25, 0.3) is 0 Å². The molecule has 5 rings (SSSR count). The number of carbonyl (C=O) groups is 1. The lowest BCUT2D eigenvalue weighted by atomic mass is 10.0. The number of fused-ring (bicyclic) bond motifs is 1. The topological polar surface area (TPSA) is 66.4 Å². The van der Waals surface area contributed by atoms with Gasteiger partial charge in [-0.05, 0) is 59.7 Å². The molecule has 154 valence electrons. The molecule has 31 heavy (non-hydrogen) atoms. The number of oxime groups is 1. The molecule has 0 atom stereocenters. The summed E-state index contributed by atoms with van der Waals surface area (Å²) in [6.45, 7) is 0.612. The van der Waals surface area contributed by atoms with Crippen LogP contribution in [0.15, 0.2) is 77.5 Å². The number of hydrogen-bond acceptors (Lipinski definition) is 6. The van der Waals surface area contributed by atoms with Gasteiger partial charge in [-0.25, -0.2) is 4.79 Å². The van der Waals surface area contributed by atoms with Crippen LogP contribution in [0.3, 0.4) is 0 Å². The Hall–Kier alpha value is -3.77. The summed E-state index contributed by atoms with van der Waals surface area (Å²) in [6.07, 6.45) is 1.74. The molecule has 0 radical (unpaired) electrons. The molecule has 2 aliphatic heterocycles. The maximum atomic E-state index is 12.3. The average molecular weight is 434 g/mol. The summed E-state index contributed by atoms with van der Waals surface area (Å²) in [7, 11) is 0. The number of hydrogen-bond donors (Lipinski definition) is 0. The fraction of sp³-hybridized carbons (Fsp3) is 0.0833. The van der Waals surface area contributed by atoms with Crippen molar-refractivity contribution in [3.63, 3.8) is 0 Å². The van der Waals surface area contributed by atoms with Crippen molar-refractivity contribution in [1.82, 2.24) is 0 Å². The van der Waals surface area contributed by atoms with Crippen molar-refractivity contribution in [2.24, 2.45) is 5.16 Å². The molecule has 0 spiro atoms. The molecule has 3 aromatic rings. The lowest BCUT2D eigenvalue weighted by Crippen LogP contribution is -2.06. The van der Waals surface area contributed by atoms with Gasteiger partial charge in [-0.2, -0.15) is 0 Å². The molecule has 2 heterocycles. The second kappa shape index (κ2) is 8.16. The van der Waals surface area contributed by atoms with Gasteiger partial charge in [0.1, 0.15) is 18.1 Å². The van der Waals surface area contributed by atoms with Gasteiger partial charge in [-0.15, -0.1) is 0 Å². The first-order valence-electron chi connectivity index (χ1n) is 9.54. The molecule has 2 aliphatic rings. The van der Waals surface area contributed by atoms with E-state index in [1.807, 2.05) is 54.6 Å². The highest BCUT2D eigenvalue weighted by atomic mass is 35.5. The number of benzene rings is 3. The predicted molar refractivity (Wildman–Crippen MR) is 115 cm³/mol. The van der Waals surface area contributed by atoms with Crippen LogP contribution in [0, 0.1) is 0 Å². The van der Waals surface area contributed by atoms with Crippen molar-refractivity contribution in [3.8, 4) is 17.2 Å². The molecule has 6 nitrogen and oxygen atoms in total. The normalized spacial score (nSPS) is 15.7. The minimum Gasteiger partial charge on any atom is -0.489 e. The highest BCUT2D eigenvalue weighted by Crippen LogP contribution is 2.34. The van der Waals surface area contributed by atoms with Gasteiger partial charge in [0, 0.05) is 10.6 Å². The van der Waals surface area contributed by atoms with Crippen LogP contribution in [-0.4, -0.2) is 18.5 Å². The Bertz CT molecular complexity index is 1200. The van der Waals surface area contributed by atoms with Gasteiger partial charge in [-0.1, -0.05) is 41.0 Å². The smallest absolute Gasteiger partial charge is 0.368 e. The monoisotopic (exact) mass is 433 g/mol. The third-order valence-corrected chi connectivity index (χ3v) is 5.10. The lowest BCUT2D eigenvalue weighted by molar-refractivity contribution is -0.136. The molecule has 0 amide bonds. The van der Waals surface area contributed by atoms with Gasteiger partial charge in [0.2, 0.25) is 6.79 Å². The summed E-state index contributed by atoms with van der Waals surface area (Å²) >= 11 is 5.90. The summed E-state index contributed by atoms with van der Waals surface area (Å²) in [5.74, 6) is 1.49. The Morgan fingerprint density at radius 1 is 0.968 bits per heavy atom. The second-order valence-electron chi connectivity index (χ2n) is 6.93. The van der Waals surface area contributed by atoms with Crippen molar-refractivity contribution in [1.29, 1.82) is 0 Å². The first-order chi connectivity index (χ1) is 15.2. The molecular formula is C24H16ClNO5. The standard InChI is InChI=1S/C24H16ClNO5/c25-18-6-1-16(2-7-18)13-28-19-8-3-15(4-9-19)11-20-23(26-31-24(20)27)17-5-10-21-22(12-17)30-14-29-21/h1-12H,13-14H2/b20-11-. The maximum absolute atomic E-state index is 12.3. The highest BCUT2D eigenvalue weighted by Gasteiger charge is 2.28. The minimum absolute atomic E-state index is 0.176. The van der Waals surface area contributed by atoms with Crippen LogP contribution in [0.5, 0.6) is 17.2 Å². The molecule has 0 saturated heterocycles. The van der Waals surface area contributed by atoms with E-state index in [0.29, 0.717) is 40.0 Å². The lowest BCUT2D eigenvalue weighted by Gasteiger charge is -2.07. The molecule has 0 aromatic heterocycles. The third-order valence-electron chi connectivity index (χ3n) is 4.85. The van der Waals surface area contributed by atoms with E-state index in [4.69, 9.17) is 30.6 Å². The molecule has 0 unspecified atom stereocenters. The van der Waals surface area contributed by atoms with Gasteiger partial charge < -0.3 is 19.0 Å². The van der Waals surface area contributed by atoms with Crippen LogP contribution in [0.4, 0.5) is 0 Å². The highest BCUT2D eigenvalue weighted by molar-refractivity contribution is 6.31. The SMILES string of the molecule is O=C1ON=C(c2ccc3c(c2)OCO3)/C1=C/c1ccc(OCc2ccc(Cl)cc2)cc1. The Kier molecular flexibility index (Phi) is 5.06. The fourth-order valence-electron chi connectivity index (χ4n) is 3.24. The first kappa shape index (κ1) is 19.2. The number of carbonyl (C=O) groups excluding carboxylic acids is 1. The first-order valence-corrected chi connectivity index (χ1v) is 9.92. The Morgan fingerprint density at radius 3 is 2.55 bits per heavy atom. The molecule has 0 N–H and O–H groups in total. The number of ether oxygens (including phenoxy) is 3. The van der Waals surface area contributed by atoms with E-state index in [-0.39, 0.29) is 6.79 Å². The van der Waals surface area contributed by atoms with E-state index in [1.165, 1.54) is 0 Å². The van der Waals surface area contributed by atoms with Crippen molar-refractivity contribution in [3.05, 3.63) is 94.0 Å². The summed E-state index contributed by atoms with van der Waals surface area (Å²) in [4.78, 5) is 17.2. The van der Waals surface area contributed by atoms with Gasteiger partial charge >= 0.3 is 5.97 Å². The van der Waals surface area contributed by atoms with E-state index in [2.05, 4.69) is 5.16 Å². The molecule has 0 fully saturated rings. The van der Waals surface area contributed by atoms with Gasteiger partial charge in [0.05, 0.1) is 5.57 Å². The van der Waals surface area contributed by atoms with Crippen LogP contribution in [0.2, 0.25) is 5.02 Å². The van der Waals surface area contributed by atoms with Crippen molar-refractivity contribution < 1.29 is 23.8 Å². The second-order valence-corrected chi connectivity index (χ2v) is 7.37. The van der Waals surface area contributed by atoms with E-state index in [0.717, 1.165) is 16.9 Å². The Balaban J connectivity index is 1.32. The summed E-state index contributed by atoms with van der Waals surface area (Å²) < 4.78 is 16.5. The van der Waals surface area contributed by atoms with Gasteiger partial charge in [0.15, 0.2) is 11.5 Å². The van der Waals surface area contributed by atoms with E-state index >= 15 is 0 Å². The summed E-state index contributed by atoms with van der Waals surface area (Å²) in [5, 5.41) is 4.64. The van der Waals surface area contributed by atoms with Crippen LogP contribution >= 0.6 is 11.6 Å². The summed E-state index contributed by atoms with van der Waals surface area (Å²) in [5.41, 5.74) is 3.37. The Morgan fingerprint density at radius 2 is 1.74 bits per heavy atom. The van der Waals surface area contributed by atoms with E-state index in [1.54, 1.807) is 18.2 Å². The zero-order valence-corrected chi connectivity index (χ0v) is 17.0. The fourth-order valence-corrected chi connectivity index (χ4v) is 3.36. The van der Waals surface area contributed by atoms with Crippen LogP contribution in [0.1, 0.15) is 16.7 Å². The van der Waals surface area contributed by atoms with Crippen LogP contribution in [-0.2, 0) is 16.2 Å². The van der Waals surface area contributed by atoms with Crippen molar-refractivity contribution >= 4 is 29.4 Å². The number of halogens is 1. The Labute approximate surface area is 183 Å². The number of rotatable bonds is 5. The van der Waals surface area contributed by atoms with Crippen LogP contribution in [0.25, 0.3) is 6.08 Å². The third kappa shape index (κ3) is 4.11. The molecule has 0 aliphatic carbocycles. The van der Waals surface area contributed by atoms with E-state index < -0.39 is 5.97 Å². The number of nitrogens with zero attached hydrogens (tertiary/aromatic N) is 1. The molecular weight excluding hydrogens is 418 g/mol. The predicted octanol–water partition coefficient (Wildman–Crippen LogP) is 4.99. The largest absolute Gasteiger partial charge is 0.489 e. The molecule has 7 heteroatoms. The average Bonchev–Trinajstić information content (AvgIpc) is 3.40. The zero-order chi connectivity index (χ0) is 21.2. The van der Waals surface area contributed by atoms with Crippen molar-refractivity contribution in [2.45, 2.75) is 6.61 Å². The maximum Gasteiger partial charge on any atom is 0.368 e. The molecule has 3 aromatic carbocycles. The zero-order valence-electron chi connectivity index (χ0n) is 16.2. The van der Waals surface area contributed by atoms with E-state index in [9.17, 15) is 4.79 Å². The molecule has 0 bridgehead atoms. The minimum atomic E-state index is -0.504. The van der Waals surface area contributed by atoms with Gasteiger partial charge in [-0.3, -0.25) is 0 Å². The summed E-state index contributed by atoms with van der Waals surface area (Å²) in [6, 6.07) is 20.3. The van der Waals surface area contributed by atoms with Crippen molar-refractivity contribution in [2.75, 3.05) is 6.79 Å². The quantitative estimate of drug-likeness (QED) is 0.419. The molecule has 0 saturated carbocycles.